The van der Waals surface area contributed by atoms with Gasteiger partial charge in [-0.25, -0.2) is 0 Å². The first-order valence-electron chi connectivity index (χ1n) is 13.4. The molecule has 0 radical (unpaired) electrons. The Balaban J connectivity index is 1.24. The monoisotopic (exact) mass is 550 g/mol. The number of imide groups is 1. The highest BCUT2D eigenvalue weighted by Crippen LogP contribution is 2.61. The number of anilines is 1. The number of thioether (sulfide) groups is 1. The number of benzene rings is 2. The average molecular weight is 551 g/mol. The van der Waals surface area contributed by atoms with Gasteiger partial charge in [-0.3, -0.25) is 19.3 Å². The van der Waals surface area contributed by atoms with Crippen LogP contribution in [0.5, 0.6) is 5.75 Å². The van der Waals surface area contributed by atoms with Crippen LogP contribution in [0.3, 0.4) is 0 Å². The van der Waals surface area contributed by atoms with Crippen LogP contribution in [0.15, 0.2) is 47.4 Å². The van der Waals surface area contributed by atoms with Gasteiger partial charge >= 0.3 is 0 Å². The van der Waals surface area contributed by atoms with E-state index in [4.69, 9.17) is 16.3 Å². The molecular formula is C30H31ClN2O4S. The zero-order chi connectivity index (χ0) is 26.4. The number of amides is 3. The van der Waals surface area contributed by atoms with Gasteiger partial charge in [0.05, 0.1) is 11.5 Å². The molecule has 0 atom stereocenters. The maximum absolute atomic E-state index is 13.2. The standard InChI is InChI=1S/C30H31ClN2O4S/c1-2-37-25-7-6-22(30-14-18-8-19(15-30)10-20(9-18)16-30)11-21(25)12-26-28(35)33(29(36)38-26)17-27(34)32-24-5-3-4-23(31)13-24/h3-7,11-13,18-20H,2,8-10,14-17H2,1H3,(H,32,34)/b26-12+. The summed E-state index contributed by atoms with van der Waals surface area (Å²) in [6.07, 6.45) is 9.61. The lowest BCUT2D eigenvalue weighted by atomic mass is 9.48. The maximum atomic E-state index is 13.2. The summed E-state index contributed by atoms with van der Waals surface area (Å²) in [5.74, 6) is 2.24. The van der Waals surface area contributed by atoms with E-state index in [2.05, 4.69) is 17.4 Å². The first-order chi connectivity index (χ1) is 18.3. The van der Waals surface area contributed by atoms with Crippen molar-refractivity contribution in [2.24, 2.45) is 17.8 Å². The summed E-state index contributed by atoms with van der Waals surface area (Å²) in [6, 6.07) is 13.1. The molecule has 1 saturated heterocycles. The van der Waals surface area contributed by atoms with Crippen molar-refractivity contribution in [3.63, 3.8) is 0 Å². The van der Waals surface area contributed by atoms with E-state index in [1.54, 1.807) is 30.3 Å². The second-order valence-electron chi connectivity index (χ2n) is 11.2. The summed E-state index contributed by atoms with van der Waals surface area (Å²) in [6.45, 7) is 2.08. The van der Waals surface area contributed by atoms with E-state index in [-0.39, 0.29) is 12.0 Å². The number of nitrogens with zero attached hydrogens (tertiary/aromatic N) is 1. The Kier molecular flexibility index (Phi) is 6.77. The molecule has 5 aliphatic rings. The van der Waals surface area contributed by atoms with E-state index < -0.39 is 17.1 Å². The van der Waals surface area contributed by atoms with E-state index in [0.29, 0.717) is 28.0 Å². The maximum Gasteiger partial charge on any atom is 0.294 e. The largest absolute Gasteiger partial charge is 0.493 e. The van der Waals surface area contributed by atoms with E-state index in [9.17, 15) is 14.4 Å². The minimum absolute atomic E-state index is 0.208. The third-order valence-corrected chi connectivity index (χ3v) is 9.67. The van der Waals surface area contributed by atoms with E-state index in [0.717, 1.165) is 40.0 Å². The molecule has 38 heavy (non-hydrogen) atoms. The molecule has 6 nitrogen and oxygen atoms in total. The Bertz CT molecular complexity index is 1300. The molecule has 0 unspecified atom stereocenters. The second-order valence-corrected chi connectivity index (χ2v) is 12.6. The van der Waals surface area contributed by atoms with E-state index in [1.807, 2.05) is 13.0 Å². The van der Waals surface area contributed by atoms with Crippen molar-refractivity contribution in [1.82, 2.24) is 4.90 Å². The third kappa shape index (κ3) is 4.87. The van der Waals surface area contributed by atoms with Crippen LogP contribution in [0.25, 0.3) is 6.08 Å². The Labute approximate surface area is 232 Å². The first kappa shape index (κ1) is 25.5. The highest BCUT2D eigenvalue weighted by Gasteiger charge is 2.51. The van der Waals surface area contributed by atoms with Crippen LogP contribution >= 0.6 is 23.4 Å². The molecule has 5 fully saturated rings. The molecule has 4 aliphatic carbocycles. The quantitative estimate of drug-likeness (QED) is 0.380. The van der Waals surface area contributed by atoms with Crippen LogP contribution in [0.2, 0.25) is 5.02 Å². The number of hydrogen-bond acceptors (Lipinski definition) is 5. The second kappa shape index (κ2) is 10.1. The van der Waals surface area contributed by atoms with Crippen molar-refractivity contribution in [3.8, 4) is 5.75 Å². The molecule has 0 spiro atoms. The lowest BCUT2D eigenvalue weighted by molar-refractivity contribution is -0.127. The fraction of sp³-hybridized carbons (Fsp3) is 0.433. The number of halogens is 1. The molecule has 1 N–H and O–H groups in total. The van der Waals surface area contributed by atoms with Gasteiger partial charge in [0, 0.05) is 16.3 Å². The highest BCUT2D eigenvalue weighted by atomic mass is 35.5. The van der Waals surface area contributed by atoms with Crippen LogP contribution in [0.1, 0.15) is 56.6 Å². The summed E-state index contributed by atoms with van der Waals surface area (Å²) in [5.41, 5.74) is 2.85. The number of rotatable bonds is 7. The van der Waals surface area contributed by atoms with Gasteiger partial charge < -0.3 is 10.1 Å². The van der Waals surface area contributed by atoms with Crippen molar-refractivity contribution in [2.45, 2.75) is 50.9 Å². The number of hydrogen-bond donors (Lipinski definition) is 1. The van der Waals surface area contributed by atoms with Crippen LogP contribution < -0.4 is 10.1 Å². The number of carbonyl (C=O) groups is 3. The first-order valence-corrected chi connectivity index (χ1v) is 14.6. The number of ether oxygens (including phenoxy) is 1. The van der Waals surface area contributed by atoms with E-state index >= 15 is 0 Å². The average Bonchev–Trinajstić information content (AvgIpc) is 3.11. The minimum atomic E-state index is -0.469. The smallest absolute Gasteiger partial charge is 0.294 e. The summed E-state index contributed by atoms with van der Waals surface area (Å²) < 4.78 is 5.91. The molecule has 1 heterocycles. The van der Waals surface area contributed by atoms with Crippen molar-refractivity contribution in [3.05, 3.63) is 63.5 Å². The molecular weight excluding hydrogens is 520 g/mol. The Morgan fingerprint density at radius 3 is 2.47 bits per heavy atom. The topological polar surface area (TPSA) is 75.7 Å². The van der Waals surface area contributed by atoms with Gasteiger partial charge in [0.1, 0.15) is 12.3 Å². The summed E-state index contributed by atoms with van der Waals surface area (Å²) in [7, 11) is 0. The normalized spacial score (nSPS) is 28.8. The fourth-order valence-electron chi connectivity index (χ4n) is 7.43. The third-order valence-electron chi connectivity index (χ3n) is 8.53. The lowest BCUT2D eigenvalue weighted by Gasteiger charge is -2.57. The number of nitrogens with one attached hydrogen (secondary N) is 1. The summed E-state index contributed by atoms with van der Waals surface area (Å²) in [5, 5.41) is 2.72. The van der Waals surface area contributed by atoms with Crippen LogP contribution in [-0.4, -0.2) is 35.1 Å². The van der Waals surface area contributed by atoms with E-state index in [1.165, 1.54) is 44.1 Å². The predicted molar refractivity (Wildman–Crippen MR) is 150 cm³/mol. The summed E-state index contributed by atoms with van der Waals surface area (Å²) >= 11 is 6.84. The van der Waals surface area contributed by atoms with Gasteiger partial charge in [0.25, 0.3) is 11.1 Å². The predicted octanol–water partition coefficient (Wildman–Crippen LogP) is 6.88. The Hall–Kier alpha value is -2.77. The Morgan fingerprint density at radius 2 is 1.82 bits per heavy atom. The summed E-state index contributed by atoms with van der Waals surface area (Å²) in [4.78, 5) is 39.8. The van der Waals surface area contributed by atoms with Crippen LogP contribution in [-0.2, 0) is 15.0 Å². The van der Waals surface area contributed by atoms with Crippen molar-refractivity contribution >= 4 is 52.2 Å². The molecule has 7 rings (SSSR count). The van der Waals surface area contributed by atoms with Gasteiger partial charge in [0.15, 0.2) is 0 Å². The number of carbonyl (C=O) groups excluding carboxylic acids is 3. The highest BCUT2D eigenvalue weighted by molar-refractivity contribution is 8.18. The molecule has 2 aromatic carbocycles. The van der Waals surface area contributed by atoms with Gasteiger partial charge in [-0.15, -0.1) is 0 Å². The molecule has 3 amide bonds. The molecule has 4 saturated carbocycles. The van der Waals surface area contributed by atoms with Crippen LogP contribution in [0, 0.1) is 17.8 Å². The van der Waals surface area contributed by atoms with Crippen molar-refractivity contribution in [1.29, 1.82) is 0 Å². The van der Waals surface area contributed by atoms with Gasteiger partial charge in [0.2, 0.25) is 5.91 Å². The molecule has 2 aromatic rings. The molecule has 198 valence electrons. The van der Waals surface area contributed by atoms with Crippen molar-refractivity contribution < 1.29 is 19.1 Å². The van der Waals surface area contributed by atoms with Gasteiger partial charge in [-0.1, -0.05) is 23.7 Å². The van der Waals surface area contributed by atoms with Crippen LogP contribution in [0.4, 0.5) is 10.5 Å². The zero-order valence-electron chi connectivity index (χ0n) is 21.4. The lowest BCUT2D eigenvalue weighted by Crippen LogP contribution is -2.48. The van der Waals surface area contributed by atoms with Gasteiger partial charge in [-0.05, 0) is 122 Å². The minimum Gasteiger partial charge on any atom is -0.493 e. The molecule has 0 aromatic heterocycles. The molecule has 1 aliphatic heterocycles. The fourth-order valence-corrected chi connectivity index (χ4v) is 8.45. The molecule has 8 heteroatoms. The Morgan fingerprint density at radius 1 is 1.11 bits per heavy atom. The van der Waals surface area contributed by atoms with Gasteiger partial charge in [-0.2, -0.15) is 0 Å². The zero-order valence-corrected chi connectivity index (χ0v) is 22.9. The molecule has 4 bridgehead atoms. The SMILES string of the molecule is CCOc1ccc(C23CC4CC(CC(C4)C2)C3)cc1/C=C1/SC(=O)N(CC(=O)Nc2cccc(Cl)c2)C1=O. The van der Waals surface area contributed by atoms with Crippen molar-refractivity contribution in [2.75, 3.05) is 18.5 Å².